The first-order valence-electron chi connectivity index (χ1n) is 11.9. The molecule has 3 aromatic carbocycles. The van der Waals surface area contributed by atoms with E-state index < -0.39 is 11.4 Å². The molecular formula is C31H25ClN2O3. The third-order valence-electron chi connectivity index (χ3n) is 6.96. The lowest BCUT2D eigenvalue weighted by atomic mass is 9.84. The molecule has 5 nitrogen and oxygen atoms in total. The quantitative estimate of drug-likeness (QED) is 0.296. The van der Waals surface area contributed by atoms with Gasteiger partial charge in [-0.25, -0.2) is 0 Å². The molecule has 1 aliphatic heterocycles. The molecule has 0 unspecified atom stereocenters. The van der Waals surface area contributed by atoms with Crippen molar-refractivity contribution >= 4 is 40.8 Å². The zero-order chi connectivity index (χ0) is 26.3. The number of hydrogen-bond donors (Lipinski definition) is 1. The van der Waals surface area contributed by atoms with Crippen molar-refractivity contribution in [3.05, 3.63) is 107 Å². The largest absolute Gasteiger partial charge is 0.481 e. The molecule has 0 aliphatic carbocycles. The lowest BCUT2D eigenvalue weighted by molar-refractivity contribution is -0.142. The van der Waals surface area contributed by atoms with E-state index in [1.165, 1.54) is 0 Å². The number of anilines is 1. The van der Waals surface area contributed by atoms with Gasteiger partial charge in [0.25, 0.3) is 5.91 Å². The average Bonchev–Trinajstić information content (AvgIpc) is 3.13. The van der Waals surface area contributed by atoms with Crippen molar-refractivity contribution in [3.63, 3.8) is 0 Å². The van der Waals surface area contributed by atoms with Gasteiger partial charge in [-0.2, -0.15) is 0 Å². The summed E-state index contributed by atoms with van der Waals surface area (Å²) in [6, 6.07) is 23.1. The fourth-order valence-corrected chi connectivity index (χ4v) is 4.76. The highest BCUT2D eigenvalue weighted by atomic mass is 35.5. The minimum atomic E-state index is -1.000. The highest BCUT2D eigenvalue weighted by molar-refractivity contribution is 6.38. The molecule has 0 atom stereocenters. The van der Waals surface area contributed by atoms with Crippen LogP contribution in [-0.4, -0.2) is 29.0 Å². The molecule has 0 fully saturated rings. The number of rotatable bonds is 5. The third-order valence-corrected chi connectivity index (χ3v) is 7.27. The average molecular weight is 509 g/mol. The molecular weight excluding hydrogens is 484 g/mol. The Bertz CT molecular complexity index is 1540. The Morgan fingerprint density at radius 2 is 1.49 bits per heavy atom. The van der Waals surface area contributed by atoms with Gasteiger partial charge in [0.2, 0.25) is 0 Å². The Morgan fingerprint density at radius 1 is 0.892 bits per heavy atom. The second-order valence-electron chi connectivity index (χ2n) is 9.64. The van der Waals surface area contributed by atoms with Crippen LogP contribution in [0.1, 0.15) is 30.5 Å². The van der Waals surface area contributed by atoms with Crippen LogP contribution in [0.2, 0.25) is 5.02 Å². The van der Waals surface area contributed by atoms with Gasteiger partial charge in [-0.1, -0.05) is 60.1 Å². The summed E-state index contributed by atoms with van der Waals surface area (Å²) in [4.78, 5) is 30.4. The van der Waals surface area contributed by atoms with Crippen molar-refractivity contribution in [2.75, 3.05) is 11.9 Å². The summed E-state index contributed by atoms with van der Waals surface area (Å²) in [6.45, 7) is 3.34. The lowest BCUT2D eigenvalue weighted by Crippen LogP contribution is -2.28. The molecule has 1 aliphatic rings. The number of carbonyl (C=O) groups excluding carboxylic acids is 1. The van der Waals surface area contributed by atoms with E-state index in [1.807, 2.05) is 66.7 Å². The summed E-state index contributed by atoms with van der Waals surface area (Å²) in [5, 5.41) is 10.1. The molecule has 184 valence electrons. The van der Waals surface area contributed by atoms with Crippen LogP contribution in [0, 0.1) is 0 Å². The number of aromatic nitrogens is 1. The second-order valence-corrected chi connectivity index (χ2v) is 10.0. The number of carboxylic acids is 1. The van der Waals surface area contributed by atoms with Crippen LogP contribution in [0.4, 0.5) is 5.69 Å². The molecule has 4 aromatic rings. The fraction of sp³-hybridized carbons (Fsp3) is 0.129. The van der Waals surface area contributed by atoms with E-state index in [4.69, 9.17) is 11.6 Å². The zero-order valence-electron chi connectivity index (χ0n) is 20.7. The Kier molecular flexibility index (Phi) is 6.18. The lowest BCUT2D eigenvalue weighted by Gasteiger charge is -2.19. The van der Waals surface area contributed by atoms with Gasteiger partial charge in [0.05, 0.1) is 16.1 Å². The summed E-state index contributed by atoms with van der Waals surface area (Å²) < 4.78 is 0. The van der Waals surface area contributed by atoms with Gasteiger partial charge in [-0.15, -0.1) is 0 Å². The standard InChI is InChI=1S/C31H25ClN2O3/c1-31(2,30(36)37)23-10-4-19(5-11-23)16-26-25-17-24(27(32)18-28(25)34(3)29(26)35)22-8-6-20(7-9-22)21-12-14-33-15-13-21/h4-18H,1-3H3,(H,36,37). The first-order chi connectivity index (χ1) is 17.7. The topological polar surface area (TPSA) is 70.5 Å². The van der Waals surface area contributed by atoms with Gasteiger partial charge in [0.1, 0.15) is 0 Å². The van der Waals surface area contributed by atoms with Gasteiger partial charge < -0.3 is 10.0 Å². The van der Waals surface area contributed by atoms with E-state index in [-0.39, 0.29) is 5.91 Å². The number of aliphatic carboxylic acids is 1. The van der Waals surface area contributed by atoms with Crippen LogP contribution < -0.4 is 4.90 Å². The number of amides is 1. The third kappa shape index (κ3) is 4.43. The second kappa shape index (κ2) is 9.34. The van der Waals surface area contributed by atoms with E-state index in [0.717, 1.165) is 39.1 Å². The molecule has 0 spiro atoms. The number of benzene rings is 3. The van der Waals surface area contributed by atoms with Crippen molar-refractivity contribution in [3.8, 4) is 22.3 Å². The number of nitrogens with zero attached hydrogens (tertiary/aromatic N) is 2. The van der Waals surface area contributed by atoms with Crippen LogP contribution in [0.15, 0.2) is 85.2 Å². The molecule has 0 bridgehead atoms. The molecule has 0 radical (unpaired) electrons. The normalized spacial score (nSPS) is 14.2. The predicted molar refractivity (Wildman–Crippen MR) is 149 cm³/mol. The van der Waals surface area contributed by atoms with Crippen LogP contribution in [0.5, 0.6) is 0 Å². The number of fused-ring (bicyclic) bond motifs is 1. The summed E-state index contributed by atoms with van der Waals surface area (Å²) in [7, 11) is 1.74. The van der Waals surface area contributed by atoms with Crippen molar-refractivity contribution in [2.45, 2.75) is 19.3 Å². The molecule has 5 rings (SSSR count). The smallest absolute Gasteiger partial charge is 0.313 e. The number of pyridine rings is 1. The monoisotopic (exact) mass is 508 g/mol. The first-order valence-corrected chi connectivity index (χ1v) is 12.2. The van der Waals surface area contributed by atoms with E-state index in [0.29, 0.717) is 16.2 Å². The van der Waals surface area contributed by atoms with Crippen LogP contribution >= 0.6 is 11.6 Å². The van der Waals surface area contributed by atoms with Gasteiger partial charge in [0.15, 0.2) is 0 Å². The summed E-state index contributed by atoms with van der Waals surface area (Å²) in [6.07, 6.45) is 5.37. The summed E-state index contributed by atoms with van der Waals surface area (Å²) in [5.74, 6) is -1.01. The van der Waals surface area contributed by atoms with E-state index in [2.05, 4.69) is 4.98 Å². The van der Waals surface area contributed by atoms with Crippen molar-refractivity contribution < 1.29 is 14.7 Å². The van der Waals surface area contributed by atoms with E-state index >= 15 is 0 Å². The maximum absolute atomic E-state index is 13.2. The number of hydrogen-bond acceptors (Lipinski definition) is 3. The molecule has 1 N–H and O–H groups in total. The van der Waals surface area contributed by atoms with Crippen LogP contribution in [0.25, 0.3) is 33.9 Å². The summed E-state index contributed by atoms with van der Waals surface area (Å²) in [5.41, 5.74) is 6.58. The number of carbonyl (C=O) groups is 2. The summed E-state index contributed by atoms with van der Waals surface area (Å²) >= 11 is 6.69. The van der Waals surface area contributed by atoms with Crippen molar-refractivity contribution in [2.24, 2.45) is 0 Å². The Balaban J connectivity index is 1.52. The fourth-order valence-electron chi connectivity index (χ4n) is 4.49. The van der Waals surface area contributed by atoms with Crippen LogP contribution in [0.3, 0.4) is 0 Å². The highest BCUT2D eigenvalue weighted by Gasteiger charge is 2.32. The van der Waals surface area contributed by atoms with Crippen LogP contribution in [-0.2, 0) is 15.0 Å². The van der Waals surface area contributed by atoms with E-state index in [9.17, 15) is 14.7 Å². The Hall–Kier alpha value is -4.22. The molecule has 0 saturated heterocycles. The van der Waals surface area contributed by atoms with Gasteiger partial charge >= 0.3 is 5.97 Å². The van der Waals surface area contributed by atoms with Gasteiger partial charge in [0, 0.05) is 36.1 Å². The zero-order valence-corrected chi connectivity index (χ0v) is 21.5. The van der Waals surface area contributed by atoms with Crippen molar-refractivity contribution in [1.82, 2.24) is 4.98 Å². The van der Waals surface area contributed by atoms with Gasteiger partial charge in [-0.05, 0) is 72.0 Å². The minimum Gasteiger partial charge on any atom is -0.481 e. The van der Waals surface area contributed by atoms with Crippen molar-refractivity contribution in [1.29, 1.82) is 0 Å². The highest BCUT2D eigenvalue weighted by Crippen LogP contribution is 2.43. The SMILES string of the molecule is CN1C(=O)C(=Cc2ccc(C(C)(C)C(=O)O)cc2)c2cc(-c3ccc(-c4ccncc4)cc3)c(Cl)cc21. The number of halogens is 1. The predicted octanol–water partition coefficient (Wildman–Crippen LogP) is 6.95. The first kappa shape index (κ1) is 24.5. The molecule has 0 saturated carbocycles. The number of likely N-dealkylation sites (N-methyl/N-ethyl adjacent to an activating group) is 1. The van der Waals surface area contributed by atoms with E-state index in [1.54, 1.807) is 50.3 Å². The molecule has 37 heavy (non-hydrogen) atoms. The molecule has 1 aromatic heterocycles. The maximum atomic E-state index is 13.2. The van der Waals surface area contributed by atoms with Gasteiger partial charge in [-0.3, -0.25) is 14.6 Å². The number of carboxylic acid groups (broad SMARTS) is 1. The molecule has 2 heterocycles. The minimum absolute atomic E-state index is 0.119. The Morgan fingerprint density at radius 3 is 2.11 bits per heavy atom. The Labute approximate surface area is 220 Å². The molecule has 1 amide bonds. The maximum Gasteiger partial charge on any atom is 0.313 e. The molecule has 6 heteroatoms.